The van der Waals surface area contributed by atoms with Gasteiger partial charge in [-0.25, -0.2) is 0 Å². The van der Waals surface area contributed by atoms with E-state index in [0.29, 0.717) is 22.6 Å². The number of likely N-dealkylation sites (tertiary alicyclic amines) is 1. The van der Waals surface area contributed by atoms with Crippen LogP contribution < -0.4 is 5.32 Å². The van der Waals surface area contributed by atoms with Crippen molar-refractivity contribution in [3.8, 4) is 0 Å². The van der Waals surface area contributed by atoms with Gasteiger partial charge in [-0.2, -0.15) is 8.42 Å². The van der Waals surface area contributed by atoms with Gasteiger partial charge < -0.3 is 14.6 Å². The fraction of sp³-hybridized carbons (Fsp3) is 0.250. The van der Waals surface area contributed by atoms with Crippen LogP contribution in [0.15, 0.2) is 54.8 Å². The molecule has 9 heteroatoms. The van der Waals surface area contributed by atoms with E-state index in [-0.39, 0.29) is 10.7 Å². The van der Waals surface area contributed by atoms with Crippen LogP contribution in [0.25, 0.3) is 0 Å². The van der Waals surface area contributed by atoms with E-state index < -0.39 is 15.9 Å². The van der Waals surface area contributed by atoms with Gasteiger partial charge in [0.25, 0.3) is 15.9 Å². The topological polar surface area (TPSA) is 92.0 Å². The van der Waals surface area contributed by atoms with Crippen molar-refractivity contribution in [3.05, 3.63) is 46.8 Å². The van der Waals surface area contributed by atoms with Crippen LogP contribution in [0, 0.1) is 0 Å². The van der Waals surface area contributed by atoms with Crippen molar-refractivity contribution < 1.29 is 17.6 Å². The maximum absolute atomic E-state index is 12.4. The molecule has 1 aromatic carbocycles. The van der Waals surface area contributed by atoms with Gasteiger partial charge in [0, 0.05) is 25.7 Å². The minimum absolute atomic E-state index is 0.0824. The molecule has 25 heavy (non-hydrogen) atoms. The molecular formula is C16H16BrN3O4S. The molecule has 1 aliphatic rings. The Bertz CT molecular complexity index is 919. The smallest absolute Gasteiger partial charge is 0.291 e. The Morgan fingerprint density at radius 3 is 2.52 bits per heavy atom. The van der Waals surface area contributed by atoms with Gasteiger partial charge in [-0.05, 0) is 58.7 Å². The molecule has 132 valence electrons. The summed E-state index contributed by atoms with van der Waals surface area (Å²) in [5, 5.41) is 2.64. The van der Waals surface area contributed by atoms with Crippen LogP contribution in [0.3, 0.4) is 0 Å². The number of halogens is 1. The average molecular weight is 426 g/mol. The minimum Gasteiger partial charge on any atom is -0.444 e. The quantitative estimate of drug-likeness (QED) is 0.811. The molecule has 0 saturated carbocycles. The number of carbonyl (C=O) groups excluding carboxylic acids is 1. The summed E-state index contributed by atoms with van der Waals surface area (Å²) in [4.78, 5) is 13.9. The predicted octanol–water partition coefficient (Wildman–Crippen LogP) is 3.11. The van der Waals surface area contributed by atoms with E-state index in [2.05, 4.69) is 25.6 Å². The first-order chi connectivity index (χ1) is 11.8. The van der Waals surface area contributed by atoms with Crippen molar-refractivity contribution in [2.24, 2.45) is 4.40 Å². The minimum atomic E-state index is -3.76. The number of benzene rings is 1. The van der Waals surface area contributed by atoms with Gasteiger partial charge in [0.1, 0.15) is 5.84 Å². The first-order valence-electron chi connectivity index (χ1n) is 7.57. The predicted molar refractivity (Wildman–Crippen MR) is 97.3 cm³/mol. The zero-order valence-corrected chi connectivity index (χ0v) is 15.8. The first kappa shape index (κ1) is 17.7. The van der Waals surface area contributed by atoms with E-state index in [1.807, 2.05) is 11.9 Å². The summed E-state index contributed by atoms with van der Waals surface area (Å²) in [6, 6.07) is 9.02. The number of hydrogen-bond donors (Lipinski definition) is 1. The highest BCUT2D eigenvalue weighted by Gasteiger charge is 2.20. The second-order valence-corrected chi connectivity index (χ2v) is 7.98. The van der Waals surface area contributed by atoms with Crippen LogP contribution in [-0.2, 0) is 10.0 Å². The van der Waals surface area contributed by atoms with Crippen molar-refractivity contribution in [1.82, 2.24) is 4.90 Å². The molecule has 1 aromatic heterocycles. The number of amidine groups is 1. The van der Waals surface area contributed by atoms with Crippen molar-refractivity contribution in [1.29, 1.82) is 0 Å². The number of nitrogens with zero attached hydrogens (tertiary/aromatic N) is 2. The van der Waals surface area contributed by atoms with Gasteiger partial charge in [0.05, 0.1) is 4.90 Å². The second kappa shape index (κ2) is 7.01. The monoisotopic (exact) mass is 425 g/mol. The number of furan rings is 1. The zero-order valence-electron chi connectivity index (χ0n) is 13.4. The highest BCUT2D eigenvalue weighted by Crippen LogP contribution is 2.20. The Morgan fingerprint density at radius 2 is 1.96 bits per heavy atom. The largest absolute Gasteiger partial charge is 0.444 e. The maximum atomic E-state index is 12.4. The third-order valence-electron chi connectivity index (χ3n) is 3.77. The second-order valence-electron chi connectivity index (χ2n) is 5.59. The third kappa shape index (κ3) is 4.10. The number of hydrogen-bond acceptors (Lipinski definition) is 4. The molecule has 2 aromatic rings. The van der Waals surface area contributed by atoms with Crippen LogP contribution in [0.5, 0.6) is 0 Å². The Labute approximate surface area is 153 Å². The van der Waals surface area contributed by atoms with Crippen LogP contribution in [0.1, 0.15) is 23.4 Å². The summed E-state index contributed by atoms with van der Waals surface area (Å²) in [6.45, 7) is 0.808. The van der Waals surface area contributed by atoms with Gasteiger partial charge in [-0.15, -0.1) is 4.40 Å². The average Bonchev–Trinajstić information content (AvgIpc) is 3.17. The van der Waals surface area contributed by atoms with Gasteiger partial charge in [0.2, 0.25) is 0 Å². The fourth-order valence-corrected chi connectivity index (χ4v) is 3.84. The van der Waals surface area contributed by atoms with Gasteiger partial charge in [-0.1, -0.05) is 0 Å². The summed E-state index contributed by atoms with van der Waals surface area (Å²) in [6.07, 6.45) is 1.56. The van der Waals surface area contributed by atoms with Crippen molar-refractivity contribution in [2.75, 3.05) is 18.9 Å². The molecule has 2 heterocycles. The normalized spacial score (nSPS) is 16.4. The molecule has 1 amide bonds. The Balaban J connectivity index is 1.74. The number of amides is 1. The maximum Gasteiger partial charge on any atom is 0.291 e. The van der Waals surface area contributed by atoms with Crippen LogP contribution in [0.4, 0.5) is 5.69 Å². The van der Waals surface area contributed by atoms with Crippen molar-refractivity contribution in [2.45, 2.75) is 17.7 Å². The molecule has 7 nitrogen and oxygen atoms in total. The molecule has 0 radical (unpaired) electrons. The standard InChI is InChI=1S/C16H16BrN3O4S/c1-20-10-2-3-15(20)19-25(22,23)12-6-4-11(5-7-12)18-16(21)13-8-9-14(17)24-13/h4-9H,2-3,10H2,1H3,(H,18,21). The molecule has 1 fully saturated rings. The van der Waals surface area contributed by atoms with Crippen LogP contribution >= 0.6 is 15.9 Å². The Kier molecular flexibility index (Phi) is 4.96. The lowest BCUT2D eigenvalue weighted by Gasteiger charge is -2.11. The summed E-state index contributed by atoms with van der Waals surface area (Å²) < 4.78 is 34.3. The summed E-state index contributed by atoms with van der Waals surface area (Å²) in [7, 11) is -1.94. The van der Waals surface area contributed by atoms with E-state index in [1.165, 1.54) is 30.3 Å². The number of nitrogens with one attached hydrogen (secondary N) is 1. The zero-order chi connectivity index (χ0) is 18.0. The number of anilines is 1. The van der Waals surface area contributed by atoms with E-state index in [4.69, 9.17) is 4.42 Å². The fourth-order valence-electron chi connectivity index (χ4n) is 2.44. The number of sulfonamides is 1. The number of carbonyl (C=O) groups is 1. The SMILES string of the molecule is CN1CCCC1=NS(=O)(=O)c1ccc(NC(=O)c2ccc(Br)o2)cc1. The first-order valence-corrected chi connectivity index (χ1v) is 9.80. The van der Waals surface area contributed by atoms with Gasteiger partial charge >= 0.3 is 0 Å². The van der Waals surface area contributed by atoms with E-state index in [0.717, 1.165) is 13.0 Å². The highest BCUT2D eigenvalue weighted by atomic mass is 79.9. The molecular weight excluding hydrogens is 410 g/mol. The lowest BCUT2D eigenvalue weighted by Crippen LogP contribution is -2.20. The van der Waals surface area contributed by atoms with Crippen LogP contribution in [0.2, 0.25) is 0 Å². The van der Waals surface area contributed by atoms with Gasteiger partial charge in [-0.3, -0.25) is 4.79 Å². The number of rotatable bonds is 4. The molecule has 0 aliphatic carbocycles. The lowest BCUT2D eigenvalue weighted by atomic mass is 10.3. The molecule has 0 unspecified atom stereocenters. The van der Waals surface area contributed by atoms with E-state index >= 15 is 0 Å². The molecule has 1 aliphatic heterocycles. The van der Waals surface area contributed by atoms with E-state index in [9.17, 15) is 13.2 Å². The molecule has 1 saturated heterocycles. The Hall–Kier alpha value is -2.13. The molecule has 3 rings (SSSR count). The van der Waals surface area contributed by atoms with E-state index in [1.54, 1.807) is 6.07 Å². The summed E-state index contributed by atoms with van der Waals surface area (Å²) in [5.41, 5.74) is 0.460. The van der Waals surface area contributed by atoms with Crippen LogP contribution in [-0.4, -0.2) is 38.7 Å². The lowest BCUT2D eigenvalue weighted by molar-refractivity contribution is 0.0995. The third-order valence-corrected chi connectivity index (χ3v) is 5.51. The summed E-state index contributed by atoms with van der Waals surface area (Å²) >= 11 is 3.13. The van der Waals surface area contributed by atoms with Crippen molar-refractivity contribution >= 4 is 43.4 Å². The Morgan fingerprint density at radius 1 is 1.24 bits per heavy atom. The van der Waals surface area contributed by atoms with Gasteiger partial charge in [0.15, 0.2) is 10.4 Å². The molecule has 0 bridgehead atoms. The molecule has 0 atom stereocenters. The van der Waals surface area contributed by atoms with Crippen molar-refractivity contribution in [3.63, 3.8) is 0 Å². The molecule has 1 N–H and O–H groups in total. The highest BCUT2D eigenvalue weighted by molar-refractivity contribution is 9.10. The summed E-state index contributed by atoms with van der Waals surface area (Å²) in [5.74, 6) is 0.300. The molecule has 0 spiro atoms.